The normalized spacial score (nSPS) is 25.7. The number of hydrogen-bond acceptors (Lipinski definition) is 5. The van der Waals surface area contributed by atoms with Crippen molar-refractivity contribution < 1.29 is 4.79 Å². The lowest BCUT2D eigenvalue weighted by Crippen LogP contribution is -2.38. The molecule has 2 saturated carbocycles. The molecule has 2 aromatic rings. The highest BCUT2D eigenvalue weighted by Crippen LogP contribution is 2.56. The SMILES string of the molecule is O=C(c1cscn1)N1CC(c2nncn2C2CC2)C2(CCC2)C1. The second-order valence-electron chi connectivity index (χ2n) is 7.16. The lowest BCUT2D eigenvalue weighted by Gasteiger charge is -2.42. The summed E-state index contributed by atoms with van der Waals surface area (Å²) in [5, 5.41) is 10.5. The van der Waals surface area contributed by atoms with Crippen LogP contribution in [0.25, 0.3) is 0 Å². The van der Waals surface area contributed by atoms with Gasteiger partial charge in [0.25, 0.3) is 5.91 Å². The van der Waals surface area contributed by atoms with E-state index in [9.17, 15) is 4.79 Å². The molecule has 0 radical (unpaired) electrons. The lowest BCUT2D eigenvalue weighted by atomic mass is 9.62. The Morgan fingerprint density at radius 3 is 2.87 bits per heavy atom. The Hall–Kier alpha value is -1.76. The predicted molar refractivity (Wildman–Crippen MR) is 85.3 cm³/mol. The lowest BCUT2D eigenvalue weighted by molar-refractivity contribution is 0.0718. The maximum atomic E-state index is 12.7. The van der Waals surface area contributed by atoms with Crippen molar-refractivity contribution in [2.45, 2.75) is 44.1 Å². The maximum Gasteiger partial charge on any atom is 0.273 e. The van der Waals surface area contributed by atoms with Crippen LogP contribution < -0.4 is 0 Å². The number of amides is 1. The molecule has 1 amide bonds. The Labute approximate surface area is 138 Å². The van der Waals surface area contributed by atoms with Crippen LogP contribution in [0.5, 0.6) is 0 Å². The molecule has 0 aromatic carbocycles. The van der Waals surface area contributed by atoms with Crippen LogP contribution in [0.2, 0.25) is 0 Å². The smallest absolute Gasteiger partial charge is 0.273 e. The third-order valence-corrected chi connectivity index (χ3v) is 6.38. The average molecular weight is 329 g/mol. The minimum atomic E-state index is 0.0671. The quantitative estimate of drug-likeness (QED) is 0.868. The first kappa shape index (κ1) is 13.7. The van der Waals surface area contributed by atoms with Crippen LogP contribution in [0.4, 0.5) is 0 Å². The molecule has 1 unspecified atom stereocenters. The summed E-state index contributed by atoms with van der Waals surface area (Å²) in [4.78, 5) is 18.9. The molecule has 120 valence electrons. The van der Waals surface area contributed by atoms with Crippen LogP contribution in [0.15, 0.2) is 17.2 Å². The van der Waals surface area contributed by atoms with Gasteiger partial charge in [0.05, 0.1) is 5.51 Å². The van der Waals surface area contributed by atoms with Gasteiger partial charge in [0.1, 0.15) is 17.8 Å². The molecule has 3 fully saturated rings. The highest BCUT2D eigenvalue weighted by Gasteiger charge is 2.54. The Morgan fingerprint density at radius 2 is 2.22 bits per heavy atom. The molecule has 7 heteroatoms. The van der Waals surface area contributed by atoms with Gasteiger partial charge >= 0.3 is 0 Å². The maximum absolute atomic E-state index is 12.7. The van der Waals surface area contributed by atoms with E-state index in [1.54, 1.807) is 5.51 Å². The fourth-order valence-electron chi connectivity index (χ4n) is 4.23. The molecule has 1 atom stereocenters. The summed E-state index contributed by atoms with van der Waals surface area (Å²) in [7, 11) is 0. The number of thiazole rings is 1. The van der Waals surface area contributed by atoms with Gasteiger partial charge in [-0.05, 0) is 31.1 Å². The van der Waals surface area contributed by atoms with E-state index in [1.807, 2.05) is 16.6 Å². The zero-order valence-electron chi connectivity index (χ0n) is 12.9. The van der Waals surface area contributed by atoms with Crippen LogP contribution in [0, 0.1) is 5.41 Å². The Bertz CT molecular complexity index is 731. The van der Waals surface area contributed by atoms with E-state index in [0.29, 0.717) is 17.7 Å². The first-order chi connectivity index (χ1) is 11.3. The first-order valence-corrected chi connectivity index (χ1v) is 9.28. The Kier molecular flexibility index (Phi) is 2.89. The average Bonchev–Trinajstić information content (AvgIpc) is 3.01. The molecule has 2 aliphatic carbocycles. The minimum absolute atomic E-state index is 0.0671. The number of rotatable bonds is 3. The number of likely N-dealkylation sites (tertiary alicyclic amines) is 1. The molecule has 5 rings (SSSR count). The van der Waals surface area contributed by atoms with Gasteiger partial charge < -0.3 is 9.47 Å². The summed E-state index contributed by atoms with van der Waals surface area (Å²) in [6.45, 7) is 1.59. The Balaban J connectivity index is 1.46. The number of hydrogen-bond donors (Lipinski definition) is 0. The van der Waals surface area contributed by atoms with Crippen molar-refractivity contribution in [1.82, 2.24) is 24.6 Å². The van der Waals surface area contributed by atoms with Crippen molar-refractivity contribution in [1.29, 1.82) is 0 Å². The van der Waals surface area contributed by atoms with Gasteiger partial charge in [0, 0.05) is 30.4 Å². The zero-order valence-corrected chi connectivity index (χ0v) is 13.7. The van der Waals surface area contributed by atoms with E-state index < -0.39 is 0 Å². The molecule has 1 saturated heterocycles. The van der Waals surface area contributed by atoms with Crippen LogP contribution in [0.3, 0.4) is 0 Å². The van der Waals surface area contributed by atoms with Gasteiger partial charge in [-0.25, -0.2) is 4.98 Å². The van der Waals surface area contributed by atoms with Gasteiger partial charge in [-0.1, -0.05) is 6.42 Å². The molecular formula is C16H19N5OS. The van der Waals surface area contributed by atoms with E-state index in [4.69, 9.17) is 0 Å². The van der Waals surface area contributed by atoms with Crippen LogP contribution in [0.1, 0.15) is 60.4 Å². The summed E-state index contributed by atoms with van der Waals surface area (Å²) < 4.78 is 2.27. The highest BCUT2D eigenvalue weighted by atomic mass is 32.1. The molecule has 23 heavy (non-hydrogen) atoms. The highest BCUT2D eigenvalue weighted by molar-refractivity contribution is 7.07. The van der Waals surface area contributed by atoms with Crippen LogP contribution in [-0.2, 0) is 0 Å². The van der Waals surface area contributed by atoms with Crippen molar-refractivity contribution >= 4 is 17.2 Å². The predicted octanol–water partition coefficient (Wildman–Crippen LogP) is 2.48. The summed E-state index contributed by atoms with van der Waals surface area (Å²) >= 11 is 1.47. The fourth-order valence-corrected chi connectivity index (χ4v) is 4.76. The second kappa shape index (κ2) is 4.87. The van der Waals surface area contributed by atoms with Crippen molar-refractivity contribution in [2.75, 3.05) is 13.1 Å². The molecule has 3 heterocycles. The molecule has 0 N–H and O–H groups in total. The molecular weight excluding hydrogens is 310 g/mol. The van der Waals surface area contributed by atoms with Gasteiger partial charge in [-0.3, -0.25) is 4.79 Å². The topological polar surface area (TPSA) is 63.9 Å². The minimum Gasteiger partial charge on any atom is -0.336 e. The van der Waals surface area contributed by atoms with Crippen molar-refractivity contribution in [3.8, 4) is 0 Å². The van der Waals surface area contributed by atoms with E-state index in [0.717, 1.165) is 18.9 Å². The first-order valence-electron chi connectivity index (χ1n) is 8.34. The number of aromatic nitrogens is 4. The summed E-state index contributed by atoms with van der Waals surface area (Å²) in [5.41, 5.74) is 2.52. The van der Waals surface area contributed by atoms with Crippen molar-refractivity contribution in [2.24, 2.45) is 5.41 Å². The zero-order chi connectivity index (χ0) is 15.4. The molecule has 2 aromatic heterocycles. The van der Waals surface area contributed by atoms with E-state index >= 15 is 0 Å². The standard InChI is InChI=1S/C16H19N5OS/c22-15(13-7-23-10-17-13)20-6-12(16(8-20)4-1-5-16)14-19-18-9-21(14)11-2-3-11/h7,9-12H,1-6,8H2. The molecule has 3 aliphatic rings. The third kappa shape index (κ3) is 2.06. The van der Waals surface area contributed by atoms with Crippen LogP contribution >= 0.6 is 11.3 Å². The summed E-state index contributed by atoms with van der Waals surface area (Å²) in [6.07, 6.45) is 7.97. The van der Waals surface area contributed by atoms with Crippen molar-refractivity contribution in [3.05, 3.63) is 28.7 Å². The summed E-state index contributed by atoms with van der Waals surface area (Å²) in [6, 6.07) is 0.584. The van der Waals surface area contributed by atoms with Crippen LogP contribution in [-0.4, -0.2) is 43.6 Å². The monoisotopic (exact) mass is 329 g/mol. The number of nitrogens with zero attached hydrogens (tertiary/aromatic N) is 5. The second-order valence-corrected chi connectivity index (χ2v) is 7.87. The molecule has 1 spiro atoms. The van der Waals surface area contributed by atoms with Crippen molar-refractivity contribution in [3.63, 3.8) is 0 Å². The fraction of sp³-hybridized carbons (Fsp3) is 0.625. The summed E-state index contributed by atoms with van der Waals surface area (Å²) in [5.74, 6) is 1.49. The number of carbonyl (C=O) groups excluding carboxylic acids is 1. The van der Waals surface area contributed by atoms with E-state index in [2.05, 4.69) is 19.7 Å². The molecule has 1 aliphatic heterocycles. The molecule has 6 nitrogen and oxygen atoms in total. The third-order valence-electron chi connectivity index (χ3n) is 5.79. The number of carbonyl (C=O) groups is 1. The van der Waals surface area contributed by atoms with E-state index in [-0.39, 0.29) is 11.3 Å². The Morgan fingerprint density at radius 1 is 1.35 bits per heavy atom. The van der Waals surface area contributed by atoms with Gasteiger partial charge in [-0.2, -0.15) is 0 Å². The van der Waals surface area contributed by atoms with E-state index in [1.165, 1.54) is 43.4 Å². The van der Waals surface area contributed by atoms with Gasteiger partial charge in [-0.15, -0.1) is 21.5 Å². The largest absolute Gasteiger partial charge is 0.336 e. The van der Waals surface area contributed by atoms with Gasteiger partial charge in [0.2, 0.25) is 0 Å². The molecule has 0 bridgehead atoms. The van der Waals surface area contributed by atoms with Gasteiger partial charge in [0.15, 0.2) is 0 Å².